The second-order valence-corrected chi connectivity index (χ2v) is 4.48. The molecule has 0 unspecified atom stereocenters. The molecule has 3 N–H and O–H groups in total. The minimum atomic E-state index is -0.861. The Morgan fingerprint density at radius 2 is 2.29 bits per heavy atom. The van der Waals surface area contributed by atoms with E-state index < -0.39 is 5.97 Å². The predicted molar refractivity (Wildman–Crippen MR) is 65.4 cm³/mol. The van der Waals surface area contributed by atoms with Gasteiger partial charge in [-0.3, -0.25) is 10.1 Å². The predicted octanol–water partition coefficient (Wildman–Crippen LogP) is 1.69. The first-order valence-electron chi connectivity index (χ1n) is 5.33. The normalized spacial score (nSPS) is 9.94. The van der Waals surface area contributed by atoms with Crippen LogP contribution in [0, 0.1) is 0 Å². The molecule has 0 spiro atoms. The summed E-state index contributed by atoms with van der Waals surface area (Å²) in [6.07, 6.45) is 3.09. The number of aryl methyl sites for hydroxylation is 1. The first kappa shape index (κ1) is 13.4. The fourth-order valence-corrected chi connectivity index (χ4v) is 1.86. The number of carbonyl (C=O) groups is 2. The molecule has 0 saturated carbocycles. The quantitative estimate of drug-likeness (QED) is 0.676. The smallest absolute Gasteiger partial charge is 0.321 e. The lowest BCUT2D eigenvalue weighted by atomic mass is 10.3. The van der Waals surface area contributed by atoms with E-state index in [9.17, 15) is 9.59 Å². The third-order valence-electron chi connectivity index (χ3n) is 1.98. The van der Waals surface area contributed by atoms with Crippen LogP contribution in [0.4, 0.5) is 9.93 Å². The zero-order valence-electron chi connectivity index (χ0n) is 9.52. The third-order valence-corrected chi connectivity index (χ3v) is 3.03. The molecule has 0 aliphatic carbocycles. The van der Waals surface area contributed by atoms with Crippen LogP contribution in [-0.2, 0) is 11.2 Å². The molecule has 7 heteroatoms. The highest BCUT2D eigenvalue weighted by molar-refractivity contribution is 7.15. The van der Waals surface area contributed by atoms with Gasteiger partial charge in [-0.05, 0) is 12.8 Å². The van der Waals surface area contributed by atoms with Crippen LogP contribution in [-0.4, -0.2) is 28.6 Å². The van der Waals surface area contributed by atoms with Crippen molar-refractivity contribution >= 4 is 28.5 Å². The van der Waals surface area contributed by atoms with E-state index in [-0.39, 0.29) is 12.5 Å². The summed E-state index contributed by atoms with van der Waals surface area (Å²) in [4.78, 5) is 26.7. The molecule has 2 amide bonds. The lowest BCUT2D eigenvalue weighted by molar-refractivity contribution is -0.137. The second-order valence-electron chi connectivity index (χ2n) is 3.36. The molecule has 1 heterocycles. The molecule has 6 nitrogen and oxygen atoms in total. The van der Waals surface area contributed by atoms with Gasteiger partial charge in [0.1, 0.15) is 0 Å². The van der Waals surface area contributed by atoms with Crippen LogP contribution in [0.5, 0.6) is 0 Å². The Morgan fingerprint density at radius 3 is 2.88 bits per heavy atom. The van der Waals surface area contributed by atoms with E-state index in [1.165, 1.54) is 11.3 Å². The monoisotopic (exact) mass is 257 g/mol. The highest BCUT2D eigenvalue weighted by Gasteiger charge is 2.05. The first-order chi connectivity index (χ1) is 8.11. The second kappa shape index (κ2) is 6.85. The molecule has 1 aromatic heterocycles. The van der Waals surface area contributed by atoms with Gasteiger partial charge >= 0.3 is 12.0 Å². The zero-order chi connectivity index (χ0) is 12.7. The van der Waals surface area contributed by atoms with Crippen molar-refractivity contribution in [3.8, 4) is 0 Å². The Morgan fingerprint density at radius 1 is 1.53 bits per heavy atom. The summed E-state index contributed by atoms with van der Waals surface area (Å²) >= 11 is 1.43. The summed E-state index contributed by atoms with van der Waals surface area (Å²) in [7, 11) is 0. The number of carboxylic acid groups (broad SMARTS) is 1. The highest BCUT2D eigenvalue weighted by atomic mass is 32.1. The van der Waals surface area contributed by atoms with E-state index >= 15 is 0 Å². The van der Waals surface area contributed by atoms with Crippen molar-refractivity contribution in [2.75, 3.05) is 11.9 Å². The van der Waals surface area contributed by atoms with Gasteiger partial charge < -0.3 is 10.4 Å². The molecular formula is C10H15N3O3S. The van der Waals surface area contributed by atoms with Gasteiger partial charge in [-0.1, -0.05) is 6.92 Å². The number of hydrogen-bond donors (Lipinski definition) is 3. The molecule has 0 aromatic carbocycles. The van der Waals surface area contributed by atoms with Gasteiger partial charge in [0.25, 0.3) is 0 Å². The van der Waals surface area contributed by atoms with E-state index in [1.54, 1.807) is 6.20 Å². The number of rotatable bonds is 6. The summed E-state index contributed by atoms with van der Waals surface area (Å²) in [5.74, 6) is -0.861. The number of urea groups is 1. The maximum Gasteiger partial charge on any atom is 0.321 e. The van der Waals surface area contributed by atoms with Gasteiger partial charge in [0.15, 0.2) is 5.13 Å². The third kappa shape index (κ3) is 5.30. The first-order valence-corrected chi connectivity index (χ1v) is 6.14. The van der Waals surface area contributed by atoms with Crippen LogP contribution in [0.25, 0.3) is 0 Å². The summed E-state index contributed by atoms with van der Waals surface area (Å²) in [6, 6.07) is -0.354. The molecule has 1 aromatic rings. The average Bonchev–Trinajstić information content (AvgIpc) is 2.72. The van der Waals surface area contributed by atoms with Crippen molar-refractivity contribution in [3.05, 3.63) is 11.1 Å². The number of carboxylic acids is 1. The average molecular weight is 257 g/mol. The van der Waals surface area contributed by atoms with Crippen molar-refractivity contribution in [1.82, 2.24) is 10.3 Å². The molecule has 94 valence electrons. The number of amides is 2. The Kier molecular flexibility index (Phi) is 5.41. The van der Waals surface area contributed by atoms with Crippen molar-refractivity contribution < 1.29 is 14.7 Å². The summed E-state index contributed by atoms with van der Waals surface area (Å²) in [6.45, 7) is 2.35. The number of aromatic nitrogens is 1. The number of carbonyl (C=O) groups excluding carboxylic acids is 1. The number of thiazole rings is 1. The Hall–Kier alpha value is -1.63. The molecule has 0 aliphatic rings. The minimum Gasteiger partial charge on any atom is -0.481 e. The van der Waals surface area contributed by atoms with Gasteiger partial charge in [0, 0.05) is 24.0 Å². The maximum atomic E-state index is 11.4. The van der Waals surface area contributed by atoms with Crippen LogP contribution in [0.3, 0.4) is 0 Å². The zero-order valence-corrected chi connectivity index (χ0v) is 10.3. The van der Waals surface area contributed by atoms with Crippen LogP contribution >= 0.6 is 11.3 Å². The molecule has 17 heavy (non-hydrogen) atoms. The lowest BCUT2D eigenvalue weighted by Crippen LogP contribution is -2.29. The number of aliphatic carboxylic acids is 1. The van der Waals surface area contributed by atoms with Crippen LogP contribution in [0.1, 0.15) is 24.6 Å². The summed E-state index contributed by atoms with van der Waals surface area (Å²) in [5, 5.41) is 14.1. The van der Waals surface area contributed by atoms with Gasteiger partial charge in [-0.25, -0.2) is 9.78 Å². The van der Waals surface area contributed by atoms with Gasteiger partial charge in [0.2, 0.25) is 0 Å². The molecular weight excluding hydrogens is 242 g/mol. The number of hydrogen-bond acceptors (Lipinski definition) is 4. The molecule has 0 bridgehead atoms. The van der Waals surface area contributed by atoms with Crippen LogP contribution < -0.4 is 10.6 Å². The summed E-state index contributed by atoms with van der Waals surface area (Å²) < 4.78 is 0. The van der Waals surface area contributed by atoms with Gasteiger partial charge in [0.05, 0.1) is 0 Å². The van der Waals surface area contributed by atoms with Crippen molar-refractivity contribution in [3.63, 3.8) is 0 Å². The lowest BCUT2D eigenvalue weighted by Gasteiger charge is -2.03. The standard InChI is InChI=1S/C10H15N3O3S/c1-2-7-6-12-10(17-7)13-9(16)11-5-3-4-8(14)15/h6H,2-5H2,1H3,(H,14,15)(H2,11,12,13,16). The maximum absolute atomic E-state index is 11.4. The van der Waals surface area contributed by atoms with Gasteiger partial charge in [-0.2, -0.15) is 0 Å². The molecule has 0 aliphatic heterocycles. The fraction of sp³-hybridized carbons (Fsp3) is 0.500. The number of nitrogens with zero attached hydrogens (tertiary/aromatic N) is 1. The minimum absolute atomic E-state index is 0.0531. The van der Waals surface area contributed by atoms with Gasteiger partial charge in [-0.15, -0.1) is 11.3 Å². The van der Waals surface area contributed by atoms with E-state index in [0.29, 0.717) is 18.1 Å². The number of nitrogens with one attached hydrogen (secondary N) is 2. The SMILES string of the molecule is CCc1cnc(NC(=O)NCCCC(=O)O)s1. The topological polar surface area (TPSA) is 91.3 Å². The fourth-order valence-electron chi connectivity index (χ4n) is 1.11. The number of anilines is 1. The van der Waals surface area contributed by atoms with Crippen molar-refractivity contribution in [2.45, 2.75) is 26.2 Å². The summed E-state index contributed by atoms with van der Waals surface area (Å²) in [5.41, 5.74) is 0. The van der Waals surface area contributed by atoms with E-state index in [0.717, 1.165) is 11.3 Å². The largest absolute Gasteiger partial charge is 0.481 e. The van der Waals surface area contributed by atoms with Crippen LogP contribution in [0.15, 0.2) is 6.20 Å². The van der Waals surface area contributed by atoms with E-state index in [4.69, 9.17) is 5.11 Å². The molecule has 0 radical (unpaired) electrons. The molecule has 0 atom stereocenters. The van der Waals surface area contributed by atoms with Crippen molar-refractivity contribution in [1.29, 1.82) is 0 Å². The van der Waals surface area contributed by atoms with Crippen molar-refractivity contribution in [2.24, 2.45) is 0 Å². The van der Waals surface area contributed by atoms with Crippen LogP contribution in [0.2, 0.25) is 0 Å². The Bertz CT molecular complexity index is 392. The Balaban J connectivity index is 2.22. The molecule has 0 fully saturated rings. The highest BCUT2D eigenvalue weighted by Crippen LogP contribution is 2.17. The Labute approximate surface area is 103 Å². The van der Waals surface area contributed by atoms with E-state index in [1.807, 2.05) is 6.92 Å². The van der Waals surface area contributed by atoms with E-state index in [2.05, 4.69) is 15.6 Å². The molecule has 0 saturated heterocycles. The molecule has 1 rings (SSSR count).